The summed E-state index contributed by atoms with van der Waals surface area (Å²) in [6.07, 6.45) is 1.55. The van der Waals surface area contributed by atoms with Crippen LogP contribution in [0.5, 0.6) is 0 Å². The molecule has 0 fully saturated rings. The van der Waals surface area contributed by atoms with Gasteiger partial charge in [-0.2, -0.15) is 5.10 Å². The van der Waals surface area contributed by atoms with Gasteiger partial charge in [-0.15, -0.1) is 0 Å². The minimum Gasteiger partial charge on any atom is -0.322 e. The zero-order valence-electron chi connectivity index (χ0n) is 9.95. The van der Waals surface area contributed by atoms with Crippen LogP contribution >= 0.6 is 27.5 Å². The number of amides is 1. The number of carbonyl (C=O) groups excluding carboxylic acids is 1. The number of hydrogen-bond acceptors (Lipinski definition) is 2. The molecular formula is C12H10BrClFN3O. The van der Waals surface area contributed by atoms with Crippen molar-refractivity contribution in [2.75, 3.05) is 5.32 Å². The molecule has 1 aromatic carbocycles. The zero-order chi connectivity index (χ0) is 14.0. The summed E-state index contributed by atoms with van der Waals surface area (Å²) in [7, 11) is 0. The average molecular weight is 347 g/mol. The van der Waals surface area contributed by atoms with E-state index in [4.69, 9.17) is 11.6 Å². The molecule has 7 heteroatoms. The molecule has 1 aromatic heterocycles. The second-order valence-electron chi connectivity index (χ2n) is 3.93. The van der Waals surface area contributed by atoms with Crippen molar-refractivity contribution in [2.45, 2.75) is 13.5 Å². The molecule has 0 saturated carbocycles. The van der Waals surface area contributed by atoms with Gasteiger partial charge in [-0.05, 0) is 25.1 Å². The lowest BCUT2D eigenvalue weighted by molar-refractivity contribution is -0.116. The Morgan fingerprint density at radius 1 is 1.58 bits per heavy atom. The van der Waals surface area contributed by atoms with E-state index in [1.165, 1.54) is 16.8 Å². The van der Waals surface area contributed by atoms with E-state index in [1.54, 1.807) is 19.2 Å². The number of halogens is 3. The van der Waals surface area contributed by atoms with E-state index in [2.05, 4.69) is 26.3 Å². The first kappa shape index (κ1) is 14.0. The van der Waals surface area contributed by atoms with Crippen LogP contribution in [0.15, 0.2) is 28.9 Å². The van der Waals surface area contributed by atoms with Gasteiger partial charge in [0, 0.05) is 10.7 Å². The SMILES string of the molecule is Cc1nn(CC(=O)Nc2ccc(Br)cc2F)cc1Cl. The number of carbonyl (C=O) groups is 1. The lowest BCUT2D eigenvalue weighted by Gasteiger charge is -2.06. The van der Waals surface area contributed by atoms with E-state index in [0.717, 1.165) is 0 Å². The topological polar surface area (TPSA) is 46.9 Å². The summed E-state index contributed by atoms with van der Waals surface area (Å²) >= 11 is 8.98. The van der Waals surface area contributed by atoms with E-state index in [1.807, 2.05) is 0 Å². The van der Waals surface area contributed by atoms with Crippen LogP contribution in [-0.2, 0) is 11.3 Å². The summed E-state index contributed by atoms with van der Waals surface area (Å²) in [6.45, 7) is 1.72. The molecule has 100 valence electrons. The standard InChI is InChI=1S/C12H10BrClFN3O/c1-7-9(14)5-18(17-7)6-12(19)16-11-3-2-8(13)4-10(11)15/h2-5H,6H2,1H3,(H,16,19). The molecule has 19 heavy (non-hydrogen) atoms. The van der Waals surface area contributed by atoms with Gasteiger partial charge in [-0.3, -0.25) is 9.48 Å². The van der Waals surface area contributed by atoms with Gasteiger partial charge in [0.25, 0.3) is 0 Å². The first-order valence-electron chi connectivity index (χ1n) is 5.40. The highest BCUT2D eigenvalue weighted by molar-refractivity contribution is 9.10. The van der Waals surface area contributed by atoms with Crippen LogP contribution in [0.2, 0.25) is 5.02 Å². The molecule has 0 aliphatic rings. The number of benzene rings is 1. The molecule has 1 N–H and O–H groups in total. The normalized spacial score (nSPS) is 10.5. The molecular weight excluding hydrogens is 337 g/mol. The van der Waals surface area contributed by atoms with Gasteiger partial charge in [-0.25, -0.2) is 4.39 Å². The summed E-state index contributed by atoms with van der Waals surface area (Å²) in [4.78, 5) is 11.7. The number of aryl methyl sites for hydroxylation is 1. The molecule has 1 heterocycles. The monoisotopic (exact) mass is 345 g/mol. The minimum absolute atomic E-state index is 0.0247. The number of anilines is 1. The van der Waals surface area contributed by atoms with Crippen LogP contribution < -0.4 is 5.32 Å². The summed E-state index contributed by atoms with van der Waals surface area (Å²) < 4.78 is 15.5. The molecule has 0 unspecified atom stereocenters. The fourth-order valence-electron chi connectivity index (χ4n) is 1.50. The van der Waals surface area contributed by atoms with Crippen molar-refractivity contribution < 1.29 is 9.18 Å². The Kier molecular flexibility index (Phi) is 4.21. The Labute approximate surface area is 122 Å². The van der Waals surface area contributed by atoms with Crippen molar-refractivity contribution in [1.29, 1.82) is 0 Å². The van der Waals surface area contributed by atoms with Gasteiger partial charge in [-0.1, -0.05) is 27.5 Å². The van der Waals surface area contributed by atoms with Crippen molar-refractivity contribution in [2.24, 2.45) is 0 Å². The fraction of sp³-hybridized carbons (Fsp3) is 0.167. The molecule has 0 aliphatic carbocycles. The van der Waals surface area contributed by atoms with Crippen molar-refractivity contribution in [3.8, 4) is 0 Å². The Morgan fingerprint density at radius 2 is 2.32 bits per heavy atom. The summed E-state index contributed by atoms with van der Waals surface area (Å²) in [5.74, 6) is -0.877. The predicted octanol–water partition coefficient (Wildman–Crippen LogP) is 3.39. The van der Waals surface area contributed by atoms with E-state index in [0.29, 0.717) is 15.2 Å². The van der Waals surface area contributed by atoms with Gasteiger partial charge in [0.05, 0.1) is 16.4 Å². The van der Waals surface area contributed by atoms with Gasteiger partial charge in [0.2, 0.25) is 5.91 Å². The van der Waals surface area contributed by atoms with Gasteiger partial charge in [0.1, 0.15) is 12.4 Å². The van der Waals surface area contributed by atoms with Crippen molar-refractivity contribution in [1.82, 2.24) is 9.78 Å². The van der Waals surface area contributed by atoms with E-state index in [9.17, 15) is 9.18 Å². The van der Waals surface area contributed by atoms with Gasteiger partial charge < -0.3 is 5.32 Å². The Morgan fingerprint density at radius 3 is 2.89 bits per heavy atom. The molecule has 2 aromatic rings. The van der Waals surface area contributed by atoms with Gasteiger partial charge >= 0.3 is 0 Å². The molecule has 2 rings (SSSR count). The third-order valence-electron chi connectivity index (χ3n) is 2.40. The number of nitrogens with one attached hydrogen (secondary N) is 1. The molecule has 1 amide bonds. The second-order valence-corrected chi connectivity index (χ2v) is 5.26. The summed E-state index contributed by atoms with van der Waals surface area (Å²) in [5, 5.41) is 7.02. The third-order valence-corrected chi connectivity index (χ3v) is 3.26. The van der Waals surface area contributed by atoms with Crippen LogP contribution in [0, 0.1) is 12.7 Å². The first-order valence-corrected chi connectivity index (χ1v) is 6.57. The fourth-order valence-corrected chi connectivity index (χ4v) is 1.99. The molecule has 4 nitrogen and oxygen atoms in total. The Balaban J connectivity index is 2.05. The number of nitrogens with zero attached hydrogens (tertiary/aromatic N) is 2. The van der Waals surface area contributed by atoms with Crippen molar-refractivity contribution in [3.63, 3.8) is 0 Å². The largest absolute Gasteiger partial charge is 0.322 e. The maximum atomic E-state index is 13.5. The number of hydrogen-bond donors (Lipinski definition) is 1. The molecule has 0 atom stereocenters. The zero-order valence-corrected chi connectivity index (χ0v) is 12.3. The highest BCUT2D eigenvalue weighted by Gasteiger charge is 2.10. The van der Waals surface area contributed by atoms with Crippen LogP contribution in [0.25, 0.3) is 0 Å². The smallest absolute Gasteiger partial charge is 0.246 e. The summed E-state index contributed by atoms with van der Waals surface area (Å²) in [5.41, 5.74) is 0.771. The number of aromatic nitrogens is 2. The first-order chi connectivity index (χ1) is 8.95. The van der Waals surface area contributed by atoms with Crippen LogP contribution in [0.4, 0.5) is 10.1 Å². The molecule has 0 saturated heterocycles. The summed E-state index contributed by atoms with van der Waals surface area (Å²) in [6, 6.07) is 4.41. The predicted molar refractivity (Wildman–Crippen MR) is 74.7 cm³/mol. The molecule has 0 spiro atoms. The van der Waals surface area contributed by atoms with Gasteiger partial charge in [0.15, 0.2) is 0 Å². The second kappa shape index (κ2) is 5.71. The lowest BCUT2D eigenvalue weighted by Crippen LogP contribution is -2.19. The minimum atomic E-state index is -0.502. The molecule has 0 radical (unpaired) electrons. The van der Waals surface area contributed by atoms with Crippen molar-refractivity contribution in [3.05, 3.63) is 45.4 Å². The van der Waals surface area contributed by atoms with E-state index in [-0.39, 0.29) is 18.1 Å². The van der Waals surface area contributed by atoms with E-state index >= 15 is 0 Å². The maximum Gasteiger partial charge on any atom is 0.246 e. The van der Waals surface area contributed by atoms with Crippen LogP contribution in [0.1, 0.15) is 5.69 Å². The average Bonchev–Trinajstić information content (AvgIpc) is 2.62. The Bertz CT molecular complexity index is 610. The quantitative estimate of drug-likeness (QED) is 0.926. The van der Waals surface area contributed by atoms with Crippen LogP contribution in [0.3, 0.4) is 0 Å². The molecule has 0 bridgehead atoms. The lowest BCUT2D eigenvalue weighted by atomic mass is 10.3. The van der Waals surface area contributed by atoms with Crippen molar-refractivity contribution >= 4 is 39.1 Å². The highest BCUT2D eigenvalue weighted by atomic mass is 79.9. The van der Waals surface area contributed by atoms with E-state index < -0.39 is 5.82 Å². The third kappa shape index (κ3) is 3.54. The van der Waals surface area contributed by atoms with Crippen LogP contribution in [-0.4, -0.2) is 15.7 Å². The maximum absolute atomic E-state index is 13.5. The highest BCUT2D eigenvalue weighted by Crippen LogP contribution is 2.19. The molecule has 0 aliphatic heterocycles. The Hall–Kier alpha value is -1.40. The number of rotatable bonds is 3.